The van der Waals surface area contributed by atoms with E-state index in [0.29, 0.717) is 19.6 Å². The molecule has 16 heavy (non-hydrogen) atoms. The van der Waals surface area contributed by atoms with Gasteiger partial charge < -0.3 is 9.84 Å². The zero-order chi connectivity index (χ0) is 11.7. The number of hydrogen-bond donors (Lipinski definition) is 1. The molecule has 0 radical (unpaired) electrons. The van der Waals surface area contributed by atoms with Gasteiger partial charge in [0.2, 0.25) is 0 Å². The van der Waals surface area contributed by atoms with Crippen LogP contribution >= 0.6 is 0 Å². The number of hydrogen-bond acceptors (Lipinski definition) is 2. The Morgan fingerprint density at radius 1 is 1.25 bits per heavy atom. The van der Waals surface area contributed by atoms with E-state index in [0.717, 1.165) is 12.1 Å². The molecular formula is C11H11F3O2. The maximum Gasteiger partial charge on any atom is 0.194 e. The van der Waals surface area contributed by atoms with E-state index in [9.17, 15) is 18.3 Å². The second kappa shape index (κ2) is 4.43. The first-order valence-electron chi connectivity index (χ1n) is 5.00. The number of aliphatic hydroxyl groups excluding tert-OH is 1. The van der Waals surface area contributed by atoms with Gasteiger partial charge in [-0.15, -0.1) is 0 Å². The fourth-order valence-corrected chi connectivity index (χ4v) is 1.82. The Bertz CT molecular complexity index is 389. The molecular weight excluding hydrogens is 221 g/mol. The van der Waals surface area contributed by atoms with E-state index in [-0.39, 0.29) is 11.5 Å². The van der Waals surface area contributed by atoms with E-state index in [2.05, 4.69) is 0 Å². The highest BCUT2D eigenvalue weighted by atomic mass is 19.2. The van der Waals surface area contributed by atoms with Crippen LogP contribution in [0.25, 0.3) is 0 Å². The van der Waals surface area contributed by atoms with Crippen LogP contribution in [0.4, 0.5) is 13.2 Å². The van der Waals surface area contributed by atoms with Crippen molar-refractivity contribution in [2.45, 2.75) is 12.5 Å². The van der Waals surface area contributed by atoms with Gasteiger partial charge in [-0.3, -0.25) is 0 Å². The molecule has 0 saturated carbocycles. The zero-order valence-electron chi connectivity index (χ0n) is 8.42. The van der Waals surface area contributed by atoms with Crippen molar-refractivity contribution >= 4 is 0 Å². The summed E-state index contributed by atoms with van der Waals surface area (Å²) in [5, 5.41) is 9.81. The van der Waals surface area contributed by atoms with Gasteiger partial charge in [-0.2, -0.15) is 0 Å². The van der Waals surface area contributed by atoms with E-state index in [1.54, 1.807) is 0 Å². The van der Waals surface area contributed by atoms with Gasteiger partial charge in [-0.1, -0.05) is 6.07 Å². The highest BCUT2D eigenvalue weighted by Crippen LogP contribution is 2.31. The summed E-state index contributed by atoms with van der Waals surface area (Å²) < 4.78 is 44.0. The molecule has 0 aliphatic carbocycles. The van der Waals surface area contributed by atoms with Gasteiger partial charge in [0, 0.05) is 18.1 Å². The topological polar surface area (TPSA) is 29.5 Å². The Kier molecular flexibility index (Phi) is 3.16. The van der Waals surface area contributed by atoms with Crippen LogP contribution < -0.4 is 0 Å². The van der Waals surface area contributed by atoms with Crippen molar-refractivity contribution in [3.63, 3.8) is 0 Å². The van der Waals surface area contributed by atoms with Crippen LogP contribution in [-0.2, 0) is 4.74 Å². The lowest BCUT2D eigenvalue weighted by Gasteiger charge is -2.17. The van der Waals surface area contributed by atoms with Gasteiger partial charge in [-0.25, -0.2) is 13.2 Å². The summed E-state index contributed by atoms with van der Waals surface area (Å²) in [6.45, 7) is 0.798. The maximum absolute atomic E-state index is 13.4. The van der Waals surface area contributed by atoms with E-state index >= 15 is 0 Å². The molecule has 1 aliphatic heterocycles. The summed E-state index contributed by atoms with van der Waals surface area (Å²) in [5.41, 5.74) is -0.214. The molecule has 2 rings (SSSR count). The van der Waals surface area contributed by atoms with Crippen molar-refractivity contribution in [1.29, 1.82) is 0 Å². The SMILES string of the molecule is OC(c1ccc(F)c(F)c1F)C1CCOC1. The second-order valence-electron chi connectivity index (χ2n) is 3.83. The predicted octanol–water partition coefficient (Wildman–Crippen LogP) is 2.17. The lowest BCUT2D eigenvalue weighted by Crippen LogP contribution is -2.15. The average molecular weight is 232 g/mol. The molecule has 1 heterocycles. The number of halogens is 3. The summed E-state index contributed by atoms with van der Waals surface area (Å²) in [4.78, 5) is 0. The molecule has 1 fully saturated rings. The molecule has 1 aliphatic rings. The minimum absolute atomic E-state index is 0.214. The molecule has 88 valence electrons. The minimum atomic E-state index is -1.55. The van der Waals surface area contributed by atoms with Crippen LogP contribution in [0, 0.1) is 23.4 Å². The van der Waals surface area contributed by atoms with E-state index < -0.39 is 23.6 Å². The van der Waals surface area contributed by atoms with Gasteiger partial charge in [0.05, 0.1) is 12.7 Å². The van der Waals surface area contributed by atoms with E-state index in [1.165, 1.54) is 0 Å². The van der Waals surface area contributed by atoms with E-state index in [1.807, 2.05) is 0 Å². The van der Waals surface area contributed by atoms with Crippen molar-refractivity contribution in [2.24, 2.45) is 5.92 Å². The van der Waals surface area contributed by atoms with E-state index in [4.69, 9.17) is 4.74 Å². The first kappa shape index (κ1) is 11.4. The second-order valence-corrected chi connectivity index (χ2v) is 3.83. The van der Waals surface area contributed by atoms with Crippen LogP contribution in [0.1, 0.15) is 18.1 Å². The molecule has 0 aromatic heterocycles. The summed E-state index contributed by atoms with van der Waals surface area (Å²) in [6.07, 6.45) is -0.572. The smallest absolute Gasteiger partial charge is 0.194 e. The fourth-order valence-electron chi connectivity index (χ4n) is 1.82. The number of benzene rings is 1. The quantitative estimate of drug-likeness (QED) is 0.792. The molecule has 1 N–H and O–H groups in total. The lowest BCUT2D eigenvalue weighted by atomic mass is 9.94. The predicted molar refractivity (Wildman–Crippen MR) is 50.2 cm³/mol. The van der Waals surface area contributed by atoms with Crippen molar-refractivity contribution in [1.82, 2.24) is 0 Å². The number of ether oxygens (including phenoxy) is 1. The molecule has 0 amide bonds. The summed E-state index contributed by atoms with van der Waals surface area (Å²) in [6, 6.07) is 1.88. The maximum atomic E-state index is 13.4. The Balaban J connectivity index is 2.29. The third kappa shape index (κ3) is 1.92. The molecule has 0 spiro atoms. The Morgan fingerprint density at radius 2 is 2.00 bits per heavy atom. The van der Waals surface area contributed by atoms with Gasteiger partial charge in [0.15, 0.2) is 17.5 Å². The Labute approximate surface area is 90.7 Å². The van der Waals surface area contributed by atoms with Crippen molar-refractivity contribution in [2.75, 3.05) is 13.2 Å². The molecule has 2 nitrogen and oxygen atoms in total. The lowest BCUT2D eigenvalue weighted by molar-refractivity contribution is 0.0881. The highest BCUT2D eigenvalue weighted by molar-refractivity contribution is 5.23. The first-order valence-corrected chi connectivity index (χ1v) is 5.00. The Morgan fingerprint density at radius 3 is 2.62 bits per heavy atom. The van der Waals surface area contributed by atoms with Crippen LogP contribution in [-0.4, -0.2) is 18.3 Å². The normalized spacial score (nSPS) is 22.4. The molecule has 5 heteroatoms. The third-order valence-electron chi connectivity index (χ3n) is 2.80. The summed E-state index contributed by atoms with van der Waals surface area (Å²) >= 11 is 0. The van der Waals surface area contributed by atoms with Gasteiger partial charge >= 0.3 is 0 Å². The monoisotopic (exact) mass is 232 g/mol. The fraction of sp³-hybridized carbons (Fsp3) is 0.455. The zero-order valence-corrected chi connectivity index (χ0v) is 8.42. The van der Waals surface area contributed by atoms with Crippen LogP contribution in [0.3, 0.4) is 0 Å². The standard InChI is InChI=1S/C11H11F3O2/c12-8-2-1-7(9(13)10(8)14)11(15)6-3-4-16-5-6/h1-2,6,11,15H,3-5H2. The average Bonchev–Trinajstić information content (AvgIpc) is 2.79. The highest BCUT2D eigenvalue weighted by Gasteiger charge is 2.28. The summed E-state index contributed by atoms with van der Waals surface area (Å²) in [5.74, 6) is -4.38. The number of rotatable bonds is 2. The summed E-state index contributed by atoms with van der Waals surface area (Å²) in [7, 11) is 0. The molecule has 0 bridgehead atoms. The van der Waals surface area contributed by atoms with Gasteiger partial charge in [-0.05, 0) is 12.5 Å². The largest absolute Gasteiger partial charge is 0.388 e. The molecule has 1 aromatic carbocycles. The van der Waals surface area contributed by atoms with Crippen LogP contribution in [0.15, 0.2) is 12.1 Å². The first-order chi connectivity index (χ1) is 7.61. The van der Waals surface area contributed by atoms with Gasteiger partial charge in [0.1, 0.15) is 0 Å². The minimum Gasteiger partial charge on any atom is -0.388 e. The van der Waals surface area contributed by atoms with Crippen molar-refractivity contribution < 1.29 is 23.0 Å². The van der Waals surface area contributed by atoms with Crippen molar-refractivity contribution in [3.05, 3.63) is 35.1 Å². The molecule has 2 unspecified atom stereocenters. The van der Waals surface area contributed by atoms with Gasteiger partial charge in [0.25, 0.3) is 0 Å². The Hall–Kier alpha value is -1.07. The van der Waals surface area contributed by atoms with Crippen LogP contribution in [0.5, 0.6) is 0 Å². The third-order valence-corrected chi connectivity index (χ3v) is 2.80. The molecule has 1 saturated heterocycles. The van der Waals surface area contributed by atoms with Crippen LogP contribution in [0.2, 0.25) is 0 Å². The molecule has 2 atom stereocenters. The number of aliphatic hydroxyl groups is 1. The molecule has 1 aromatic rings. The van der Waals surface area contributed by atoms with Crippen molar-refractivity contribution in [3.8, 4) is 0 Å².